The van der Waals surface area contributed by atoms with Gasteiger partial charge in [0, 0.05) is 0 Å². The summed E-state index contributed by atoms with van der Waals surface area (Å²) < 4.78 is 33.5. The van der Waals surface area contributed by atoms with E-state index in [1.165, 1.54) is 23.5 Å². The molecule has 0 unspecified atom stereocenters. The number of aromatic nitrogens is 2. The average Bonchev–Trinajstić information content (AvgIpc) is 3.28. The third-order valence-corrected chi connectivity index (χ3v) is 8.07. The number of imidazole rings is 1. The predicted molar refractivity (Wildman–Crippen MR) is 132 cm³/mol. The van der Waals surface area contributed by atoms with Crippen LogP contribution >= 0.6 is 43.2 Å². The molecule has 0 atom stereocenters. The van der Waals surface area contributed by atoms with Crippen LogP contribution in [0.2, 0.25) is 0 Å². The maximum atomic E-state index is 13.0. The fraction of sp³-hybridized carbons (Fsp3) is 0. The first kappa shape index (κ1) is 21.3. The van der Waals surface area contributed by atoms with Gasteiger partial charge in [0.15, 0.2) is 10.7 Å². The summed E-state index contributed by atoms with van der Waals surface area (Å²) >= 11 is 8.06. The fourth-order valence-electron chi connectivity index (χ4n) is 3.25. The molecule has 0 saturated heterocycles. The summed E-state index contributed by atoms with van der Waals surface area (Å²) in [5.41, 5.74) is 2.08. The molecule has 0 amide bonds. The van der Waals surface area contributed by atoms with Gasteiger partial charge in [0.05, 0.1) is 24.5 Å². The molecule has 160 valence electrons. The molecule has 0 aliphatic heterocycles. The van der Waals surface area contributed by atoms with Crippen molar-refractivity contribution < 1.29 is 12.6 Å². The summed E-state index contributed by atoms with van der Waals surface area (Å²) in [7, 11) is -4.00. The van der Waals surface area contributed by atoms with Crippen LogP contribution in [0.3, 0.4) is 0 Å². The molecule has 0 N–H and O–H groups in total. The van der Waals surface area contributed by atoms with Crippen molar-refractivity contribution in [3.8, 4) is 5.75 Å². The predicted octanol–water partition coefficient (Wildman–Crippen LogP) is 4.75. The highest BCUT2D eigenvalue weighted by atomic mass is 79.9. The minimum absolute atomic E-state index is 0.0552. The highest BCUT2D eigenvalue weighted by Crippen LogP contribution is 2.37. The molecule has 3 aromatic carbocycles. The average molecular weight is 592 g/mol. The Morgan fingerprint density at radius 2 is 1.62 bits per heavy atom. The zero-order valence-electron chi connectivity index (χ0n) is 16.0. The third kappa shape index (κ3) is 3.77. The van der Waals surface area contributed by atoms with Crippen molar-refractivity contribution in [3.05, 3.63) is 96.1 Å². The number of rotatable bonds is 4. The summed E-state index contributed by atoms with van der Waals surface area (Å²) in [5.74, 6) is 0.125. The number of hydrogen-bond acceptors (Lipinski definition) is 6. The van der Waals surface area contributed by atoms with Gasteiger partial charge in [0.25, 0.3) is 5.56 Å². The molecular formula is C22H12Br2N2O4S2. The minimum Gasteiger partial charge on any atom is -0.377 e. The Kier molecular flexibility index (Phi) is 5.40. The normalized spacial score (nSPS) is 12.6. The van der Waals surface area contributed by atoms with Gasteiger partial charge < -0.3 is 4.18 Å². The molecule has 2 aromatic heterocycles. The number of nitrogens with zero attached hydrogens (tertiary/aromatic N) is 2. The largest absolute Gasteiger partial charge is 0.377 e. The van der Waals surface area contributed by atoms with E-state index in [1.54, 1.807) is 40.8 Å². The smallest absolute Gasteiger partial charge is 0.339 e. The molecule has 0 aliphatic rings. The van der Waals surface area contributed by atoms with E-state index in [1.807, 2.05) is 24.3 Å². The van der Waals surface area contributed by atoms with E-state index in [-0.39, 0.29) is 16.2 Å². The molecule has 10 heteroatoms. The summed E-state index contributed by atoms with van der Waals surface area (Å²) in [4.78, 5) is 18.2. The topological polar surface area (TPSA) is 77.7 Å². The minimum atomic E-state index is -4.00. The van der Waals surface area contributed by atoms with Gasteiger partial charge in [-0.1, -0.05) is 41.7 Å². The van der Waals surface area contributed by atoms with E-state index >= 15 is 0 Å². The van der Waals surface area contributed by atoms with E-state index in [0.29, 0.717) is 24.0 Å². The molecule has 6 nitrogen and oxygen atoms in total. The first-order valence-electron chi connectivity index (χ1n) is 9.24. The first-order valence-corrected chi connectivity index (χ1v) is 13.0. The van der Waals surface area contributed by atoms with Gasteiger partial charge in [-0.05, 0) is 79.9 Å². The van der Waals surface area contributed by atoms with Crippen LogP contribution in [0.25, 0.3) is 22.1 Å². The van der Waals surface area contributed by atoms with Gasteiger partial charge in [-0.3, -0.25) is 4.79 Å². The summed E-state index contributed by atoms with van der Waals surface area (Å²) in [5, 5.41) is 0. The monoisotopic (exact) mass is 590 g/mol. The highest BCUT2D eigenvalue weighted by molar-refractivity contribution is 9.11. The van der Waals surface area contributed by atoms with Crippen LogP contribution in [0.4, 0.5) is 0 Å². The van der Waals surface area contributed by atoms with Crippen molar-refractivity contribution in [1.82, 2.24) is 9.38 Å². The highest BCUT2D eigenvalue weighted by Gasteiger charge is 2.20. The molecule has 0 spiro atoms. The van der Waals surface area contributed by atoms with Crippen LogP contribution < -0.4 is 14.3 Å². The number of halogens is 2. The van der Waals surface area contributed by atoms with Crippen LogP contribution in [0, 0.1) is 0 Å². The molecular weight excluding hydrogens is 580 g/mol. The second kappa shape index (κ2) is 8.11. The molecule has 2 heterocycles. The Labute approximate surface area is 203 Å². The van der Waals surface area contributed by atoms with E-state index in [9.17, 15) is 13.2 Å². The lowest BCUT2D eigenvalue weighted by atomic mass is 10.2. The lowest BCUT2D eigenvalue weighted by Crippen LogP contribution is -2.22. The lowest BCUT2D eigenvalue weighted by Gasteiger charge is -2.11. The summed E-state index contributed by atoms with van der Waals surface area (Å²) in [6, 6.07) is 18.8. The van der Waals surface area contributed by atoms with Gasteiger partial charge in [0.1, 0.15) is 4.90 Å². The van der Waals surface area contributed by atoms with Crippen LogP contribution in [0.1, 0.15) is 5.56 Å². The van der Waals surface area contributed by atoms with E-state index < -0.39 is 10.1 Å². The van der Waals surface area contributed by atoms with Crippen molar-refractivity contribution in [2.75, 3.05) is 0 Å². The van der Waals surface area contributed by atoms with E-state index in [0.717, 1.165) is 11.0 Å². The van der Waals surface area contributed by atoms with Crippen molar-refractivity contribution in [2.24, 2.45) is 0 Å². The lowest BCUT2D eigenvalue weighted by molar-refractivity contribution is 0.483. The van der Waals surface area contributed by atoms with Crippen LogP contribution in [-0.2, 0) is 10.1 Å². The van der Waals surface area contributed by atoms with E-state index in [4.69, 9.17) is 4.18 Å². The molecule has 32 heavy (non-hydrogen) atoms. The second-order valence-corrected chi connectivity index (χ2v) is 11.1. The molecule has 5 aromatic rings. The molecule has 5 rings (SSSR count). The maximum Gasteiger partial charge on any atom is 0.339 e. The Bertz CT molecular complexity index is 1690. The number of benzene rings is 3. The standard InChI is InChI=1S/C22H12Br2N2O4S2/c23-15-10-13(11-16(24)20(15)30-32(28,29)14-6-2-1-3-7-14)12-19-21(27)26-18-9-5-4-8-17(18)25-22(26)31-19/h1-12H/b19-12-. The summed E-state index contributed by atoms with van der Waals surface area (Å²) in [6.45, 7) is 0. The van der Waals surface area contributed by atoms with Gasteiger partial charge >= 0.3 is 10.1 Å². The maximum absolute atomic E-state index is 13.0. The van der Waals surface area contributed by atoms with Gasteiger partial charge in [-0.15, -0.1) is 0 Å². The Hall–Kier alpha value is -2.53. The quantitative estimate of drug-likeness (QED) is 0.282. The Morgan fingerprint density at radius 1 is 0.969 bits per heavy atom. The van der Waals surface area contributed by atoms with Gasteiger partial charge in [-0.2, -0.15) is 8.42 Å². The van der Waals surface area contributed by atoms with E-state index in [2.05, 4.69) is 36.8 Å². The number of fused-ring (bicyclic) bond motifs is 3. The third-order valence-electron chi connectivity index (χ3n) is 4.69. The van der Waals surface area contributed by atoms with Gasteiger partial charge in [0.2, 0.25) is 0 Å². The van der Waals surface area contributed by atoms with Gasteiger partial charge in [-0.25, -0.2) is 9.38 Å². The molecule has 0 bridgehead atoms. The Morgan fingerprint density at radius 3 is 2.34 bits per heavy atom. The summed E-state index contributed by atoms with van der Waals surface area (Å²) in [6.07, 6.45) is 1.74. The van der Waals surface area contributed by atoms with Crippen molar-refractivity contribution in [3.63, 3.8) is 0 Å². The number of thiazole rings is 1. The van der Waals surface area contributed by atoms with Crippen LogP contribution in [-0.4, -0.2) is 17.8 Å². The zero-order valence-corrected chi connectivity index (χ0v) is 20.8. The van der Waals surface area contributed by atoms with Crippen molar-refractivity contribution in [1.29, 1.82) is 0 Å². The number of hydrogen-bond donors (Lipinski definition) is 0. The van der Waals surface area contributed by atoms with Crippen molar-refractivity contribution in [2.45, 2.75) is 4.90 Å². The molecule has 0 radical (unpaired) electrons. The number of para-hydroxylation sites is 2. The van der Waals surface area contributed by atoms with Crippen LogP contribution in [0.5, 0.6) is 5.75 Å². The Balaban J connectivity index is 1.56. The van der Waals surface area contributed by atoms with Crippen LogP contribution in [0.15, 0.2) is 85.4 Å². The molecule has 0 aliphatic carbocycles. The molecule has 0 saturated carbocycles. The molecule has 0 fully saturated rings. The second-order valence-electron chi connectivity index (χ2n) is 6.80. The van der Waals surface area contributed by atoms with Crippen molar-refractivity contribution >= 4 is 75.4 Å². The first-order chi connectivity index (χ1) is 15.3. The fourth-order valence-corrected chi connectivity index (χ4v) is 6.82. The SMILES string of the molecule is O=c1/c(=C/c2cc(Br)c(OS(=O)(=O)c3ccccc3)c(Br)c2)sc2nc3ccccc3n12. The zero-order chi connectivity index (χ0) is 22.5.